The lowest BCUT2D eigenvalue weighted by atomic mass is 9.69. The van der Waals surface area contributed by atoms with E-state index in [1.807, 2.05) is 0 Å². The van der Waals surface area contributed by atoms with Gasteiger partial charge in [-0.2, -0.15) is 0 Å². The fourth-order valence-electron chi connectivity index (χ4n) is 4.08. The maximum atomic E-state index is 11.6. The van der Waals surface area contributed by atoms with Crippen LogP contribution in [0.1, 0.15) is 40.0 Å². The highest BCUT2D eigenvalue weighted by Gasteiger charge is 2.64. The van der Waals surface area contributed by atoms with Gasteiger partial charge in [0, 0.05) is 6.04 Å². The van der Waals surface area contributed by atoms with Gasteiger partial charge in [-0.05, 0) is 36.0 Å². The van der Waals surface area contributed by atoms with Gasteiger partial charge in [0.1, 0.15) is 0 Å². The number of hydrogen-bond donors (Lipinski definition) is 0. The third-order valence-corrected chi connectivity index (χ3v) is 5.69. The van der Waals surface area contributed by atoms with E-state index < -0.39 is 12.1 Å². The first-order chi connectivity index (χ1) is 7.88. The summed E-state index contributed by atoms with van der Waals surface area (Å²) < 4.78 is 0. The number of rotatable bonds is 1. The van der Waals surface area contributed by atoms with Gasteiger partial charge >= 0.3 is 12.1 Å². The molecule has 1 heterocycles. The van der Waals surface area contributed by atoms with Gasteiger partial charge in [-0.1, -0.05) is 31.0 Å². The number of nitrogens with zero attached hydrogens (tertiary/aromatic N) is 3. The van der Waals surface area contributed by atoms with Crippen molar-refractivity contribution in [2.24, 2.45) is 27.0 Å². The molecular weight excluding hydrogens is 218 g/mol. The number of imide groups is 1. The van der Waals surface area contributed by atoms with E-state index in [0.717, 1.165) is 12.8 Å². The molecule has 2 fully saturated rings. The first kappa shape index (κ1) is 10.9. The lowest BCUT2D eigenvalue weighted by molar-refractivity contribution is 0.0820. The molecule has 3 aliphatic rings. The Morgan fingerprint density at radius 3 is 2.18 bits per heavy atom. The zero-order chi connectivity index (χ0) is 12.4. The van der Waals surface area contributed by atoms with Gasteiger partial charge in [0.15, 0.2) is 0 Å². The Kier molecular flexibility index (Phi) is 1.88. The number of amides is 4. The maximum Gasteiger partial charge on any atom is 0.370 e. The van der Waals surface area contributed by atoms with Crippen LogP contribution >= 0.6 is 0 Å². The lowest BCUT2D eigenvalue weighted by Gasteiger charge is -2.41. The summed E-state index contributed by atoms with van der Waals surface area (Å²) in [6.07, 6.45) is 3.18. The summed E-state index contributed by atoms with van der Waals surface area (Å²) in [6, 6.07) is -0.986. The van der Waals surface area contributed by atoms with Crippen LogP contribution in [0.3, 0.4) is 0 Å². The maximum absolute atomic E-state index is 11.6. The van der Waals surface area contributed by atoms with E-state index in [-0.39, 0.29) is 16.9 Å². The molecule has 0 aromatic heterocycles. The molecule has 4 amide bonds. The van der Waals surface area contributed by atoms with Gasteiger partial charge in [0.05, 0.1) is 0 Å². The highest BCUT2D eigenvalue weighted by Crippen LogP contribution is 2.66. The third kappa shape index (κ3) is 1.10. The smallest absolute Gasteiger partial charge is 0.244 e. The van der Waals surface area contributed by atoms with Crippen LogP contribution in [0.5, 0.6) is 0 Å². The lowest BCUT2D eigenvalue weighted by Crippen LogP contribution is -2.49. The van der Waals surface area contributed by atoms with E-state index in [2.05, 4.69) is 31.0 Å². The van der Waals surface area contributed by atoms with E-state index in [0.29, 0.717) is 5.92 Å². The number of azo groups is 1. The van der Waals surface area contributed by atoms with Crippen molar-refractivity contribution in [2.75, 3.05) is 0 Å². The Hall–Kier alpha value is -1.26. The largest absolute Gasteiger partial charge is 0.370 e. The van der Waals surface area contributed by atoms with Crippen molar-refractivity contribution in [3.05, 3.63) is 0 Å². The second-order valence-electron chi connectivity index (χ2n) is 6.26. The highest BCUT2D eigenvalue weighted by molar-refractivity contribution is 5.99. The van der Waals surface area contributed by atoms with Crippen molar-refractivity contribution in [1.29, 1.82) is 0 Å². The van der Waals surface area contributed by atoms with Crippen molar-refractivity contribution in [1.82, 2.24) is 4.90 Å². The van der Waals surface area contributed by atoms with E-state index in [9.17, 15) is 9.59 Å². The quantitative estimate of drug-likeness (QED) is 0.700. The molecule has 1 aliphatic heterocycles. The third-order valence-electron chi connectivity index (χ3n) is 5.69. The molecule has 0 aromatic carbocycles. The van der Waals surface area contributed by atoms with E-state index in [1.54, 1.807) is 0 Å². The number of urea groups is 2. The molecule has 2 aliphatic carbocycles. The van der Waals surface area contributed by atoms with Crippen LogP contribution in [0.25, 0.3) is 0 Å². The Morgan fingerprint density at radius 2 is 1.76 bits per heavy atom. The molecule has 0 spiro atoms. The predicted molar refractivity (Wildman–Crippen MR) is 60.5 cm³/mol. The number of hydrogen-bond acceptors (Lipinski definition) is 2. The summed E-state index contributed by atoms with van der Waals surface area (Å²) in [5, 5.41) is 6.74. The average Bonchev–Trinajstić information content (AvgIpc) is 2.75. The molecule has 3 unspecified atom stereocenters. The van der Waals surface area contributed by atoms with Crippen LogP contribution in [0, 0.1) is 16.7 Å². The molecule has 3 atom stereocenters. The molecule has 0 aromatic rings. The Bertz CT molecular complexity index is 425. The molecule has 17 heavy (non-hydrogen) atoms. The zero-order valence-corrected chi connectivity index (χ0v) is 10.4. The fourth-order valence-corrected chi connectivity index (χ4v) is 4.08. The SMILES string of the molecule is CC1(C)C2CCC1(C)C(N1C(=O)N=NC1=O)C2. The van der Waals surface area contributed by atoms with E-state index in [1.165, 1.54) is 11.3 Å². The van der Waals surface area contributed by atoms with Crippen molar-refractivity contribution >= 4 is 12.1 Å². The standard InChI is InChI=1S/C12H17N3O2/c1-11(2)7-4-5-12(11,3)8(6-7)15-9(16)13-14-10(15)17/h7-8H,4-6H2,1-3H3. The van der Waals surface area contributed by atoms with Gasteiger partial charge in [0.2, 0.25) is 0 Å². The van der Waals surface area contributed by atoms with Crippen LogP contribution in [-0.4, -0.2) is 23.0 Å². The molecule has 0 radical (unpaired) electrons. The number of fused-ring (bicyclic) bond motifs is 2. The van der Waals surface area contributed by atoms with Crippen LogP contribution in [-0.2, 0) is 0 Å². The summed E-state index contributed by atoms with van der Waals surface area (Å²) >= 11 is 0. The second-order valence-corrected chi connectivity index (χ2v) is 6.26. The van der Waals surface area contributed by atoms with Crippen molar-refractivity contribution in [3.63, 3.8) is 0 Å². The summed E-state index contributed by atoms with van der Waals surface area (Å²) in [4.78, 5) is 24.6. The molecule has 2 saturated carbocycles. The molecule has 0 saturated heterocycles. The highest BCUT2D eigenvalue weighted by atomic mass is 16.2. The predicted octanol–water partition coefficient (Wildman–Crippen LogP) is 3.21. The van der Waals surface area contributed by atoms with E-state index >= 15 is 0 Å². The van der Waals surface area contributed by atoms with Crippen LogP contribution in [0.2, 0.25) is 0 Å². The molecule has 5 heteroatoms. The average molecular weight is 235 g/mol. The van der Waals surface area contributed by atoms with Crippen LogP contribution in [0.4, 0.5) is 9.59 Å². The molecule has 2 bridgehead atoms. The summed E-state index contributed by atoms with van der Waals surface area (Å²) in [5.41, 5.74) is 0.194. The molecule has 92 valence electrons. The minimum Gasteiger partial charge on any atom is -0.244 e. The normalized spacial score (nSPS) is 42.9. The van der Waals surface area contributed by atoms with E-state index in [4.69, 9.17) is 0 Å². The van der Waals surface area contributed by atoms with Crippen molar-refractivity contribution in [2.45, 2.75) is 46.1 Å². The summed E-state index contributed by atoms with van der Waals surface area (Å²) in [5.74, 6) is 0.596. The minimum atomic E-state index is -0.482. The monoisotopic (exact) mass is 235 g/mol. The first-order valence-electron chi connectivity index (χ1n) is 6.17. The fraction of sp³-hybridized carbons (Fsp3) is 0.833. The second kappa shape index (κ2) is 2.94. The number of carbonyl (C=O) groups is 2. The molecular formula is C12H17N3O2. The molecule has 0 N–H and O–H groups in total. The van der Waals surface area contributed by atoms with Gasteiger partial charge in [-0.3, -0.25) is 0 Å². The van der Waals surface area contributed by atoms with Gasteiger partial charge in [-0.25, -0.2) is 14.5 Å². The Balaban J connectivity index is 1.98. The van der Waals surface area contributed by atoms with Crippen LogP contribution < -0.4 is 0 Å². The first-order valence-corrected chi connectivity index (χ1v) is 6.17. The van der Waals surface area contributed by atoms with Gasteiger partial charge in [-0.15, -0.1) is 0 Å². The summed E-state index contributed by atoms with van der Waals surface area (Å²) in [6.45, 7) is 6.71. The minimum absolute atomic E-state index is 0.0123. The Labute approximate surface area is 100 Å². The van der Waals surface area contributed by atoms with Gasteiger partial charge < -0.3 is 0 Å². The zero-order valence-electron chi connectivity index (χ0n) is 10.4. The summed E-state index contributed by atoms with van der Waals surface area (Å²) in [7, 11) is 0. The van der Waals surface area contributed by atoms with Crippen LogP contribution in [0.15, 0.2) is 10.2 Å². The van der Waals surface area contributed by atoms with Crippen molar-refractivity contribution < 1.29 is 9.59 Å². The molecule has 3 rings (SSSR count). The van der Waals surface area contributed by atoms with Crippen molar-refractivity contribution in [3.8, 4) is 0 Å². The Morgan fingerprint density at radius 1 is 1.18 bits per heavy atom. The topological polar surface area (TPSA) is 62.1 Å². The van der Waals surface area contributed by atoms with Gasteiger partial charge in [0.25, 0.3) is 0 Å². The number of carbonyl (C=O) groups excluding carboxylic acids is 2. The molecule has 5 nitrogen and oxygen atoms in total.